The number of nitrogens with zero attached hydrogens (tertiary/aromatic N) is 1. The number of carbonyl (C=O) groups is 1. The highest BCUT2D eigenvalue weighted by Gasteiger charge is 2.50. The Hall–Kier alpha value is -3.21. The molecule has 1 aliphatic rings. The summed E-state index contributed by atoms with van der Waals surface area (Å²) in [6, 6.07) is 16.3. The number of rotatable bonds is 7. The van der Waals surface area contributed by atoms with Crippen LogP contribution in [0.5, 0.6) is 0 Å². The molecule has 38 heavy (non-hydrogen) atoms. The number of likely N-dealkylation sites (tertiary alicyclic amines) is 1. The largest absolute Gasteiger partial charge is 0.417 e. The number of carbonyl (C=O) groups excluding carboxylic acids is 1. The smallest absolute Gasteiger partial charge is 0.394 e. The second kappa shape index (κ2) is 10.5. The number of aliphatic hydroxyl groups excluding tert-OH is 1. The van der Waals surface area contributed by atoms with E-state index in [2.05, 4.69) is 4.72 Å². The minimum absolute atomic E-state index is 0.311. The van der Waals surface area contributed by atoms with Crippen molar-refractivity contribution in [2.24, 2.45) is 0 Å². The first-order valence-corrected chi connectivity index (χ1v) is 13.6. The summed E-state index contributed by atoms with van der Waals surface area (Å²) < 4.78 is 68.4. The molecule has 0 aliphatic carbocycles. The van der Waals surface area contributed by atoms with E-state index in [1.807, 2.05) is 56.3 Å². The number of benzene rings is 3. The van der Waals surface area contributed by atoms with E-state index >= 15 is 0 Å². The van der Waals surface area contributed by atoms with E-state index in [4.69, 9.17) is 0 Å². The van der Waals surface area contributed by atoms with Gasteiger partial charge < -0.3 is 10.0 Å². The van der Waals surface area contributed by atoms with E-state index in [1.54, 1.807) is 0 Å². The number of hydrogen-bond acceptors (Lipinski definition) is 4. The monoisotopic (exact) mass is 546 g/mol. The first-order chi connectivity index (χ1) is 17.9. The Bertz CT molecular complexity index is 1440. The number of hydrogen-bond donors (Lipinski definition) is 2. The lowest BCUT2D eigenvalue weighted by Crippen LogP contribution is -2.68. The van der Waals surface area contributed by atoms with Crippen LogP contribution in [0.2, 0.25) is 0 Å². The van der Waals surface area contributed by atoms with Crippen LogP contribution in [0, 0.1) is 13.8 Å². The molecule has 0 saturated carbocycles. The number of halogens is 3. The summed E-state index contributed by atoms with van der Waals surface area (Å²) in [4.78, 5) is 12.9. The molecule has 1 fully saturated rings. The normalized spacial score (nSPS) is 19.8. The summed E-state index contributed by atoms with van der Waals surface area (Å²) in [6.45, 7) is 4.72. The third kappa shape index (κ3) is 5.21. The van der Waals surface area contributed by atoms with E-state index in [-0.39, 0.29) is 19.1 Å². The van der Waals surface area contributed by atoms with Gasteiger partial charge in [-0.15, -0.1) is 0 Å². The summed E-state index contributed by atoms with van der Waals surface area (Å²) in [5.41, 5.74) is 3.88. The molecule has 0 unspecified atom stereocenters. The number of aryl methyl sites for hydroxylation is 1. The molecule has 1 amide bonds. The molecule has 6 nitrogen and oxygen atoms in total. The van der Waals surface area contributed by atoms with Crippen molar-refractivity contribution >= 4 is 15.9 Å². The first kappa shape index (κ1) is 27.8. The third-order valence-corrected chi connectivity index (χ3v) is 8.75. The number of nitrogens with one attached hydrogen (secondary N) is 1. The lowest BCUT2D eigenvalue weighted by Gasteiger charge is -2.54. The molecule has 202 valence electrons. The van der Waals surface area contributed by atoms with Crippen molar-refractivity contribution in [2.45, 2.75) is 49.8 Å². The zero-order valence-corrected chi connectivity index (χ0v) is 22.0. The van der Waals surface area contributed by atoms with Gasteiger partial charge in [0.05, 0.1) is 29.1 Å². The van der Waals surface area contributed by atoms with Crippen molar-refractivity contribution < 1.29 is 31.5 Å². The highest BCUT2D eigenvalue weighted by molar-refractivity contribution is 7.89. The fraction of sp³-hybridized carbons (Fsp3) is 0.321. The summed E-state index contributed by atoms with van der Waals surface area (Å²) >= 11 is 0. The molecular formula is C28H29F3N2O4S. The van der Waals surface area contributed by atoms with Crippen molar-refractivity contribution in [1.82, 2.24) is 9.62 Å². The maximum atomic E-state index is 13.4. The standard InChI is InChI=1S/C28H29F3N2O4S/c1-17-7-6-8-22(18(17)2)20-11-13-21(14-12-20)27-24(33(19(3)35)25(27)16-34)15-32-38(36,37)26-10-5-4-9-23(26)28(29,30)31/h4-14,24-25,27,32,34H,15-16H2,1-3H3/t24-,25+,27-/m0/s1. The summed E-state index contributed by atoms with van der Waals surface area (Å²) in [5, 5.41) is 10.0. The lowest BCUT2D eigenvalue weighted by molar-refractivity contribution is -0.147. The molecule has 0 radical (unpaired) electrons. The van der Waals surface area contributed by atoms with E-state index in [9.17, 15) is 31.5 Å². The van der Waals surface area contributed by atoms with Gasteiger partial charge in [0.2, 0.25) is 15.9 Å². The minimum Gasteiger partial charge on any atom is -0.394 e. The van der Waals surface area contributed by atoms with Crippen LogP contribution in [0.1, 0.15) is 35.1 Å². The zero-order valence-electron chi connectivity index (χ0n) is 21.2. The third-order valence-electron chi connectivity index (χ3n) is 7.27. The van der Waals surface area contributed by atoms with Gasteiger partial charge in [0.1, 0.15) is 0 Å². The molecule has 0 aromatic heterocycles. The van der Waals surface area contributed by atoms with Gasteiger partial charge in [0, 0.05) is 19.4 Å². The molecule has 0 spiro atoms. The molecule has 10 heteroatoms. The van der Waals surface area contributed by atoms with Gasteiger partial charge in [-0.1, -0.05) is 54.6 Å². The molecule has 4 rings (SSSR count). The van der Waals surface area contributed by atoms with Crippen molar-refractivity contribution in [1.29, 1.82) is 0 Å². The fourth-order valence-electron chi connectivity index (χ4n) is 5.24. The number of aliphatic hydroxyl groups is 1. The van der Waals surface area contributed by atoms with Crippen LogP contribution >= 0.6 is 0 Å². The number of amides is 1. The second-order valence-electron chi connectivity index (χ2n) is 9.48. The van der Waals surface area contributed by atoms with Crippen molar-refractivity contribution in [3.8, 4) is 11.1 Å². The fourth-order valence-corrected chi connectivity index (χ4v) is 6.52. The van der Waals surface area contributed by atoms with Crippen LogP contribution in [-0.4, -0.2) is 49.6 Å². The van der Waals surface area contributed by atoms with Gasteiger partial charge >= 0.3 is 6.18 Å². The molecule has 1 heterocycles. The highest BCUT2D eigenvalue weighted by atomic mass is 32.2. The maximum absolute atomic E-state index is 13.4. The zero-order chi connectivity index (χ0) is 27.8. The van der Waals surface area contributed by atoms with Gasteiger partial charge in [-0.2, -0.15) is 13.2 Å². The van der Waals surface area contributed by atoms with Crippen LogP contribution in [0.4, 0.5) is 13.2 Å². The Morgan fingerprint density at radius 2 is 1.63 bits per heavy atom. The Kier molecular flexibility index (Phi) is 7.69. The summed E-state index contributed by atoms with van der Waals surface area (Å²) in [6.07, 6.45) is -4.85. The highest BCUT2D eigenvalue weighted by Crippen LogP contribution is 2.41. The van der Waals surface area contributed by atoms with E-state index in [0.717, 1.165) is 39.9 Å². The number of alkyl halides is 3. The Labute approximate surface area is 220 Å². The average molecular weight is 547 g/mol. The van der Waals surface area contributed by atoms with Crippen LogP contribution in [0.3, 0.4) is 0 Å². The Morgan fingerprint density at radius 1 is 0.974 bits per heavy atom. The van der Waals surface area contributed by atoms with Crippen molar-refractivity contribution in [2.75, 3.05) is 13.2 Å². The molecule has 0 bridgehead atoms. The minimum atomic E-state index is -4.85. The Balaban J connectivity index is 1.62. The molecule has 3 aromatic rings. The maximum Gasteiger partial charge on any atom is 0.417 e. The molecule has 3 atom stereocenters. The predicted molar refractivity (Wildman–Crippen MR) is 138 cm³/mol. The van der Waals surface area contributed by atoms with E-state index in [0.29, 0.717) is 6.07 Å². The van der Waals surface area contributed by atoms with Crippen molar-refractivity contribution in [3.63, 3.8) is 0 Å². The topological polar surface area (TPSA) is 86.7 Å². The predicted octanol–water partition coefficient (Wildman–Crippen LogP) is 4.64. The molecule has 3 aromatic carbocycles. The van der Waals surface area contributed by atoms with Gasteiger partial charge in [-0.3, -0.25) is 4.79 Å². The van der Waals surface area contributed by atoms with Gasteiger partial charge in [0.15, 0.2) is 0 Å². The average Bonchev–Trinajstić information content (AvgIpc) is 2.85. The van der Waals surface area contributed by atoms with Gasteiger partial charge in [-0.25, -0.2) is 13.1 Å². The molecule has 1 aliphatic heterocycles. The van der Waals surface area contributed by atoms with Gasteiger partial charge in [-0.05, 0) is 53.8 Å². The summed E-state index contributed by atoms with van der Waals surface area (Å²) in [7, 11) is -4.55. The number of sulfonamides is 1. The quantitative estimate of drug-likeness (QED) is 0.452. The molecular weight excluding hydrogens is 517 g/mol. The van der Waals surface area contributed by atoms with Crippen LogP contribution in [0.15, 0.2) is 71.6 Å². The Morgan fingerprint density at radius 3 is 2.24 bits per heavy atom. The SMILES string of the molecule is CC(=O)N1[C@H](CO)[C@@H](c2ccc(-c3cccc(C)c3C)cc2)[C@@H]1CNS(=O)(=O)c1ccccc1C(F)(F)F. The second-order valence-corrected chi connectivity index (χ2v) is 11.2. The first-order valence-electron chi connectivity index (χ1n) is 12.1. The molecule has 1 saturated heterocycles. The lowest BCUT2D eigenvalue weighted by atomic mass is 9.75. The van der Waals surface area contributed by atoms with E-state index < -0.39 is 44.7 Å². The van der Waals surface area contributed by atoms with Crippen molar-refractivity contribution in [3.05, 3.63) is 89.0 Å². The molecule has 2 N–H and O–H groups in total. The summed E-state index contributed by atoms with van der Waals surface area (Å²) in [5.74, 6) is -0.788. The van der Waals surface area contributed by atoms with Crippen LogP contribution in [0.25, 0.3) is 11.1 Å². The van der Waals surface area contributed by atoms with Gasteiger partial charge in [0.25, 0.3) is 0 Å². The van der Waals surface area contributed by atoms with Crippen LogP contribution < -0.4 is 4.72 Å². The van der Waals surface area contributed by atoms with Crippen LogP contribution in [-0.2, 0) is 21.0 Å². The van der Waals surface area contributed by atoms with E-state index in [1.165, 1.54) is 17.9 Å².